The lowest BCUT2D eigenvalue weighted by Gasteiger charge is -2.36. The third kappa shape index (κ3) is 6.71. The molecule has 0 saturated heterocycles. The van der Waals surface area contributed by atoms with Crippen LogP contribution in [0.5, 0.6) is 0 Å². The molecule has 0 radical (unpaired) electrons. The molecule has 0 atom stereocenters. The van der Waals surface area contributed by atoms with Crippen LogP contribution < -0.4 is 15.4 Å². The number of hydrogen-bond donors (Lipinski definition) is 3. The lowest BCUT2D eigenvalue weighted by atomic mass is 9.82. The molecule has 3 N–H and O–H groups in total. The maximum atomic E-state index is 13.4. The van der Waals surface area contributed by atoms with Gasteiger partial charge < -0.3 is 10.6 Å². The average Bonchev–Trinajstić information content (AvgIpc) is 2.62. The predicted molar refractivity (Wildman–Crippen MR) is 106 cm³/mol. The lowest BCUT2D eigenvalue weighted by Crippen LogP contribution is -2.60. The topological polar surface area (TPSA) is 87.3 Å². The molecule has 6 nitrogen and oxygen atoms in total. The van der Waals surface area contributed by atoms with Crippen molar-refractivity contribution in [1.29, 1.82) is 0 Å². The number of hydrogen-bond acceptors (Lipinski definition) is 4. The van der Waals surface area contributed by atoms with Gasteiger partial charge in [-0.1, -0.05) is 32.3 Å². The maximum Gasteiger partial charge on any atom is 0.241 e. The van der Waals surface area contributed by atoms with Crippen LogP contribution in [0.2, 0.25) is 0 Å². The van der Waals surface area contributed by atoms with Crippen LogP contribution in [0.25, 0.3) is 0 Å². The Morgan fingerprint density at radius 1 is 1.15 bits per heavy atom. The van der Waals surface area contributed by atoms with E-state index in [0.717, 1.165) is 38.3 Å². The minimum Gasteiger partial charge on any atom is -0.353 e. The molecule has 0 aromatic heterocycles. The van der Waals surface area contributed by atoms with Gasteiger partial charge in [0.05, 0.1) is 4.90 Å². The summed E-state index contributed by atoms with van der Waals surface area (Å²) >= 11 is 0. The highest BCUT2D eigenvalue weighted by Gasteiger charge is 2.42. The van der Waals surface area contributed by atoms with E-state index in [9.17, 15) is 17.6 Å². The second kappa shape index (κ2) is 10.9. The van der Waals surface area contributed by atoms with Gasteiger partial charge in [-0.3, -0.25) is 4.79 Å². The largest absolute Gasteiger partial charge is 0.353 e. The number of benzene rings is 1. The van der Waals surface area contributed by atoms with Crippen LogP contribution in [-0.2, 0) is 14.8 Å². The molecule has 1 aromatic carbocycles. The van der Waals surface area contributed by atoms with E-state index in [1.807, 2.05) is 0 Å². The molecule has 2 rings (SSSR count). The fraction of sp³-hybridized carbons (Fsp3) is 0.611. The zero-order valence-electron chi connectivity index (χ0n) is 15.6. The van der Waals surface area contributed by atoms with Gasteiger partial charge in [0.25, 0.3) is 0 Å². The van der Waals surface area contributed by atoms with Crippen LogP contribution in [0.1, 0.15) is 45.4 Å². The fourth-order valence-electron chi connectivity index (χ4n) is 3.22. The van der Waals surface area contributed by atoms with Crippen LogP contribution in [-0.4, -0.2) is 39.5 Å². The number of sulfonamides is 1. The van der Waals surface area contributed by atoms with Gasteiger partial charge in [0.2, 0.25) is 15.9 Å². The summed E-state index contributed by atoms with van der Waals surface area (Å²) < 4.78 is 41.4. The van der Waals surface area contributed by atoms with Crippen molar-refractivity contribution in [2.45, 2.75) is 55.9 Å². The van der Waals surface area contributed by atoms with Crippen LogP contribution in [0.4, 0.5) is 4.39 Å². The molecule has 0 bridgehead atoms. The second-order valence-electron chi connectivity index (χ2n) is 6.71. The predicted octanol–water partition coefficient (Wildman–Crippen LogP) is 2.34. The van der Waals surface area contributed by atoms with Crippen LogP contribution in [0.3, 0.4) is 0 Å². The molecule has 1 aliphatic carbocycles. The average molecular weight is 422 g/mol. The minimum absolute atomic E-state index is 0. The molecular formula is C18H29ClFN3O3S. The monoisotopic (exact) mass is 421 g/mol. The van der Waals surface area contributed by atoms with Gasteiger partial charge in [0.1, 0.15) is 11.4 Å². The zero-order chi connectivity index (χ0) is 19.0. The quantitative estimate of drug-likeness (QED) is 0.534. The van der Waals surface area contributed by atoms with Gasteiger partial charge in [0, 0.05) is 13.1 Å². The van der Waals surface area contributed by atoms with Crippen molar-refractivity contribution >= 4 is 28.3 Å². The molecule has 1 fully saturated rings. The molecule has 0 aliphatic heterocycles. The SMILES string of the molecule is CCCNCCNC(=O)C1(NS(=O)(=O)c2cccc(F)c2)CCCCC1.Cl. The summed E-state index contributed by atoms with van der Waals surface area (Å²) in [6, 6.07) is 4.82. The first-order valence-corrected chi connectivity index (χ1v) is 10.7. The van der Waals surface area contributed by atoms with Crippen LogP contribution in [0, 0.1) is 5.82 Å². The Balaban J connectivity index is 0.00000364. The highest BCUT2D eigenvalue weighted by atomic mass is 35.5. The van der Waals surface area contributed by atoms with Crippen molar-refractivity contribution in [3.8, 4) is 0 Å². The smallest absolute Gasteiger partial charge is 0.241 e. The van der Waals surface area contributed by atoms with Crippen molar-refractivity contribution < 1.29 is 17.6 Å². The molecule has 0 unspecified atom stereocenters. The van der Waals surface area contributed by atoms with E-state index in [2.05, 4.69) is 22.3 Å². The second-order valence-corrected chi connectivity index (χ2v) is 8.39. The molecule has 154 valence electrons. The number of amides is 1. The Morgan fingerprint density at radius 2 is 1.85 bits per heavy atom. The molecular weight excluding hydrogens is 393 g/mol. The Kier molecular flexibility index (Phi) is 9.66. The minimum atomic E-state index is -3.99. The highest BCUT2D eigenvalue weighted by Crippen LogP contribution is 2.30. The normalized spacial score (nSPS) is 16.4. The Hall–Kier alpha value is -1.22. The Bertz CT molecular complexity index is 710. The summed E-state index contributed by atoms with van der Waals surface area (Å²) in [5.41, 5.74) is -1.17. The summed E-state index contributed by atoms with van der Waals surface area (Å²) in [5, 5.41) is 6.03. The van der Waals surface area contributed by atoms with Crippen molar-refractivity contribution in [3.63, 3.8) is 0 Å². The van der Waals surface area contributed by atoms with E-state index < -0.39 is 21.4 Å². The molecule has 0 spiro atoms. The molecule has 27 heavy (non-hydrogen) atoms. The molecule has 1 saturated carbocycles. The summed E-state index contributed by atoms with van der Waals surface area (Å²) in [4.78, 5) is 12.6. The van der Waals surface area contributed by atoms with Crippen molar-refractivity contribution in [2.75, 3.05) is 19.6 Å². The van der Waals surface area contributed by atoms with Crippen molar-refractivity contribution in [1.82, 2.24) is 15.4 Å². The van der Waals surface area contributed by atoms with E-state index in [4.69, 9.17) is 0 Å². The molecule has 1 amide bonds. The molecule has 0 heterocycles. The van der Waals surface area contributed by atoms with E-state index in [1.165, 1.54) is 18.2 Å². The van der Waals surface area contributed by atoms with E-state index >= 15 is 0 Å². The maximum absolute atomic E-state index is 13.4. The number of halogens is 2. The number of carbonyl (C=O) groups is 1. The van der Waals surface area contributed by atoms with Gasteiger partial charge >= 0.3 is 0 Å². The molecule has 1 aliphatic rings. The summed E-state index contributed by atoms with van der Waals surface area (Å²) in [6.45, 7) is 3.99. The molecule has 1 aromatic rings. The summed E-state index contributed by atoms with van der Waals surface area (Å²) in [6.07, 6.45) is 4.39. The summed E-state index contributed by atoms with van der Waals surface area (Å²) in [7, 11) is -3.99. The highest BCUT2D eigenvalue weighted by molar-refractivity contribution is 7.89. The Morgan fingerprint density at radius 3 is 2.48 bits per heavy atom. The van der Waals surface area contributed by atoms with Gasteiger partial charge in [0.15, 0.2) is 0 Å². The number of rotatable bonds is 9. The first-order valence-electron chi connectivity index (χ1n) is 9.18. The van der Waals surface area contributed by atoms with Crippen LogP contribution in [0.15, 0.2) is 29.2 Å². The third-order valence-electron chi connectivity index (χ3n) is 4.59. The standard InChI is InChI=1S/C18H28FN3O3S.ClH/c1-2-11-20-12-13-21-17(23)18(9-4-3-5-10-18)22-26(24,25)16-8-6-7-15(19)14-16;/h6-8,14,20,22H,2-5,9-13H2,1H3,(H,21,23);1H. The van der Waals surface area contributed by atoms with Gasteiger partial charge in [-0.2, -0.15) is 4.72 Å². The van der Waals surface area contributed by atoms with Gasteiger partial charge in [-0.15, -0.1) is 12.4 Å². The number of carbonyl (C=O) groups excluding carboxylic acids is 1. The van der Waals surface area contributed by atoms with E-state index in [1.54, 1.807) is 0 Å². The summed E-state index contributed by atoms with van der Waals surface area (Å²) in [5.74, 6) is -0.938. The van der Waals surface area contributed by atoms with Gasteiger partial charge in [-0.05, 0) is 44.0 Å². The number of nitrogens with one attached hydrogen (secondary N) is 3. The Labute approximate surface area is 167 Å². The zero-order valence-corrected chi connectivity index (χ0v) is 17.2. The van der Waals surface area contributed by atoms with Crippen molar-refractivity contribution in [2.24, 2.45) is 0 Å². The van der Waals surface area contributed by atoms with Crippen LogP contribution >= 0.6 is 12.4 Å². The molecule has 9 heteroatoms. The first kappa shape index (κ1) is 23.8. The third-order valence-corrected chi connectivity index (χ3v) is 6.13. The van der Waals surface area contributed by atoms with Crippen molar-refractivity contribution in [3.05, 3.63) is 30.1 Å². The van der Waals surface area contributed by atoms with E-state index in [-0.39, 0.29) is 23.2 Å². The van der Waals surface area contributed by atoms with E-state index in [0.29, 0.717) is 25.9 Å². The lowest BCUT2D eigenvalue weighted by molar-refractivity contribution is -0.128. The fourth-order valence-corrected chi connectivity index (χ4v) is 4.67. The first-order chi connectivity index (χ1) is 12.4. The van der Waals surface area contributed by atoms with Gasteiger partial charge in [-0.25, -0.2) is 12.8 Å².